The Morgan fingerprint density at radius 1 is 1.25 bits per heavy atom. The number of carboxylic acids is 1. The summed E-state index contributed by atoms with van der Waals surface area (Å²) in [5.41, 5.74) is 1.56. The molecule has 2 rings (SSSR count). The number of aliphatic carboxylic acids is 1. The summed E-state index contributed by atoms with van der Waals surface area (Å²) in [5.74, 6) is -0.830. The van der Waals surface area contributed by atoms with Gasteiger partial charge in [0, 0.05) is 0 Å². The fourth-order valence-electron chi connectivity index (χ4n) is 2.22. The molecule has 0 fully saturated rings. The zero-order valence-corrected chi connectivity index (χ0v) is 13.9. The molecule has 126 valence electrons. The van der Waals surface area contributed by atoms with Gasteiger partial charge in [-0.2, -0.15) is 0 Å². The van der Waals surface area contributed by atoms with Gasteiger partial charge in [0.1, 0.15) is 11.6 Å². The maximum Gasteiger partial charge on any atom is 0.336 e. The number of benzene rings is 2. The molecule has 2 aromatic rings. The molecule has 0 amide bonds. The molecule has 0 unspecified atom stereocenters. The maximum absolute atomic E-state index is 13.7. The van der Waals surface area contributed by atoms with Crippen LogP contribution >= 0.6 is 0 Å². The third kappa shape index (κ3) is 4.69. The summed E-state index contributed by atoms with van der Waals surface area (Å²) in [4.78, 5) is 11.6. The van der Waals surface area contributed by atoms with Crippen LogP contribution in [0.3, 0.4) is 0 Å². The number of hydrogen-bond acceptors (Lipinski definition) is 2. The third-order valence-corrected chi connectivity index (χ3v) is 3.65. The highest BCUT2D eigenvalue weighted by atomic mass is 19.1. The Balaban J connectivity index is 2.32. The van der Waals surface area contributed by atoms with E-state index in [0.29, 0.717) is 29.0 Å². The highest BCUT2D eigenvalue weighted by molar-refractivity contribution is 6.20. The van der Waals surface area contributed by atoms with E-state index in [2.05, 4.69) is 6.92 Å². The number of unbranched alkanes of at least 4 members (excludes halogenated alkanes) is 1. The minimum atomic E-state index is -1.10. The van der Waals surface area contributed by atoms with Crippen LogP contribution in [-0.4, -0.2) is 17.7 Å². The predicted molar refractivity (Wildman–Crippen MR) is 93.5 cm³/mol. The van der Waals surface area contributed by atoms with Gasteiger partial charge in [-0.3, -0.25) is 0 Å². The van der Waals surface area contributed by atoms with Crippen molar-refractivity contribution in [1.82, 2.24) is 0 Å². The van der Waals surface area contributed by atoms with Gasteiger partial charge in [-0.1, -0.05) is 37.6 Å². The largest absolute Gasteiger partial charge is 0.494 e. The molecular formula is C20H21FO3. The molecule has 0 spiro atoms. The summed E-state index contributed by atoms with van der Waals surface area (Å²) < 4.78 is 19.4. The van der Waals surface area contributed by atoms with Crippen molar-refractivity contribution in [3.63, 3.8) is 0 Å². The number of ether oxygens (including phenoxy) is 1. The average Bonchev–Trinajstić information content (AvgIpc) is 2.56. The van der Waals surface area contributed by atoms with Crippen molar-refractivity contribution >= 4 is 17.6 Å². The van der Waals surface area contributed by atoms with Crippen molar-refractivity contribution in [3.8, 4) is 5.75 Å². The van der Waals surface area contributed by atoms with Crippen LogP contribution in [0.5, 0.6) is 5.75 Å². The van der Waals surface area contributed by atoms with E-state index in [1.54, 1.807) is 31.2 Å². The van der Waals surface area contributed by atoms with Gasteiger partial charge < -0.3 is 9.84 Å². The molecule has 0 radical (unpaired) electrons. The Morgan fingerprint density at radius 3 is 2.71 bits per heavy atom. The monoisotopic (exact) mass is 328 g/mol. The van der Waals surface area contributed by atoms with Crippen LogP contribution in [-0.2, 0) is 4.79 Å². The fourth-order valence-corrected chi connectivity index (χ4v) is 2.22. The lowest BCUT2D eigenvalue weighted by atomic mass is 10.0. The van der Waals surface area contributed by atoms with Crippen LogP contribution in [0.1, 0.15) is 36.5 Å². The first-order valence-electron chi connectivity index (χ1n) is 7.95. The van der Waals surface area contributed by atoms with E-state index in [-0.39, 0.29) is 5.57 Å². The molecule has 1 N–H and O–H groups in total. The SMILES string of the molecule is CCCCOc1cccc(/C=C(\C(=O)O)c2ccc(C)c(F)c2)c1. The van der Waals surface area contributed by atoms with Crippen LogP contribution < -0.4 is 4.74 Å². The first-order valence-corrected chi connectivity index (χ1v) is 7.95. The van der Waals surface area contributed by atoms with Crippen molar-refractivity contribution in [3.05, 3.63) is 65.0 Å². The van der Waals surface area contributed by atoms with Gasteiger partial charge in [0.2, 0.25) is 0 Å². The second-order valence-corrected chi connectivity index (χ2v) is 5.60. The van der Waals surface area contributed by atoms with Gasteiger partial charge in [-0.05, 0) is 54.3 Å². The summed E-state index contributed by atoms with van der Waals surface area (Å²) in [7, 11) is 0. The summed E-state index contributed by atoms with van der Waals surface area (Å²) in [6.07, 6.45) is 3.53. The highest BCUT2D eigenvalue weighted by Gasteiger charge is 2.12. The molecule has 0 aliphatic carbocycles. The van der Waals surface area contributed by atoms with Gasteiger partial charge in [0.15, 0.2) is 0 Å². The van der Waals surface area contributed by atoms with Gasteiger partial charge >= 0.3 is 5.97 Å². The lowest BCUT2D eigenvalue weighted by molar-refractivity contribution is -0.130. The normalized spacial score (nSPS) is 11.4. The van der Waals surface area contributed by atoms with Crippen molar-refractivity contribution < 1.29 is 19.0 Å². The number of aryl methyl sites for hydroxylation is 1. The molecule has 0 saturated carbocycles. The minimum absolute atomic E-state index is 0.0413. The predicted octanol–water partition coefficient (Wildman–Crippen LogP) is 4.94. The van der Waals surface area contributed by atoms with Gasteiger partial charge in [-0.15, -0.1) is 0 Å². The van der Waals surface area contributed by atoms with E-state index in [1.807, 2.05) is 12.1 Å². The number of halogens is 1. The smallest absolute Gasteiger partial charge is 0.336 e. The zero-order valence-electron chi connectivity index (χ0n) is 13.9. The van der Waals surface area contributed by atoms with Crippen LogP contribution in [0, 0.1) is 12.7 Å². The first kappa shape index (κ1) is 17.7. The van der Waals surface area contributed by atoms with Crippen LogP contribution in [0.4, 0.5) is 4.39 Å². The summed E-state index contributed by atoms with van der Waals surface area (Å²) in [5, 5.41) is 9.47. The molecule has 0 bridgehead atoms. The molecule has 0 aliphatic rings. The Morgan fingerprint density at radius 2 is 2.04 bits per heavy atom. The molecule has 0 aromatic heterocycles. The van der Waals surface area contributed by atoms with Crippen molar-refractivity contribution in [2.45, 2.75) is 26.7 Å². The Kier molecular flexibility index (Phi) is 6.13. The average molecular weight is 328 g/mol. The molecule has 0 heterocycles. The quantitative estimate of drug-likeness (QED) is 0.445. The topological polar surface area (TPSA) is 46.5 Å². The third-order valence-electron chi connectivity index (χ3n) is 3.65. The van der Waals surface area contributed by atoms with Crippen molar-refractivity contribution in [2.24, 2.45) is 0 Å². The van der Waals surface area contributed by atoms with E-state index in [1.165, 1.54) is 12.1 Å². The van der Waals surface area contributed by atoms with E-state index in [0.717, 1.165) is 12.8 Å². The number of rotatable bonds is 7. The second kappa shape index (κ2) is 8.29. The van der Waals surface area contributed by atoms with E-state index in [4.69, 9.17) is 4.74 Å². The molecule has 4 heteroatoms. The molecular weight excluding hydrogens is 307 g/mol. The Bertz CT molecular complexity index is 750. The lowest BCUT2D eigenvalue weighted by Gasteiger charge is -2.08. The summed E-state index contributed by atoms with van der Waals surface area (Å²) in [6, 6.07) is 11.6. The molecule has 0 saturated heterocycles. The standard InChI is InChI=1S/C20H21FO3/c1-3-4-10-24-17-7-5-6-15(11-17)12-18(20(22)23)16-9-8-14(2)19(21)13-16/h5-9,11-13H,3-4,10H2,1-2H3,(H,22,23)/b18-12-. The molecule has 0 atom stereocenters. The molecule has 2 aromatic carbocycles. The second-order valence-electron chi connectivity index (χ2n) is 5.60. The van der Waals surface area contributed by atoms with Crippen LogP contribution in [0.2, 0.25) is 0 Å². The summed E-state index contributed by atoms with van der Waals surface area (Å²) >= 11 is 0. The van der Waals surface area contributed by atoms with Crippen molar-refractivity contribution in [1.29, 1.82) is 0 Å². The zero-order chi connectivity index (χ0) is 17.5. The number of carbonyl (C=O) groups is 1. The fraction of sp³-hybridized carbons (Fsp3) is 0.250. The molecule has 24 heavy (non-hydrogen) atoms. The number of hydrogen-bond donors (Lipinski definition) is 1. The van der Waals surface area contributed by atoms with Gasteiger partial charge in [0.05, 0.1) is 12.2 Å². The van der Waals surface area contributed by atoms with E-state index < -0.39 is 11.8 Å². The maximum atomic E-state index is 13.7. The van der Waals surface area contributed by atoms with Crippen molar-refractivity contribution in [2.75, 3.05) is 6.61 Å². The Hall–Kier alpha value is -2.62. The lowest BCUT2D eigenvalue weighted by Crippen LogP contribution is -2.01. The molecule has 0 aliphatic heterocycles. The van der Waals surface area contributed by atoms with Gasteiger partial charge in [-0.25, -0.2) is 9.18 Å². The van der Waals surface area contributed by atoms with E-state index in [9.17, 15) is 14.3 Å². The minimum Gasteiger partial charge on any atom is -0.494 e. The Labute approximate surface area is 141 Å². The molecule has 3 nitrogen and oxygen atoms in total. The van der Waals surface area contributed by atoms with Crippen LogP contribution in [0.25, 0.3) is 11.6 Å². The van der Waals surface area contributed by atoms with Gasteiger partial charge in [0.25, 0.3) is 0 Å². The highest BCUT2D eigenvalue weighted by Crippen LogP contribution is 2.23. The van der Waals surface area contributed by atoms with E-state index >= 15 is 0 Å². The van der Waals surface area contributed by atoms with Crippen LogP contribution in [0.15, 0.2) is 42.5 Å². The summed E-state index contributed by atoms with van der Waals surface area (Å²) in [6.45, 7) is 4.35. The first-order chi connectivity index (χ1) is 11.5. The number of carboxylic acid groups (broad SMARTS) is 1.